The van der Waals surface area contributed by atoms with Gasteiger partial charge in [0.2, 0.25) is 5.78 Å². The summed E-state index contributed by atoms with van der Waals surface area (Å²) in [7, 11) is 3.00. The van der Waals surface area contributed by atoms with Gasteiger partial charge in [-0.2, -0.15) is 0 Å². The Labute approximate surface area is 187 Å². The van der Waals surface area contributed by atoms with Crippen molar-refractivity contribution in [2.45, 2.75) is 0 Å². The van der Waals surface area contributed by atoms with Crippen LogP contribution in [0.4, 0.5) is 0 Å². The average Bonchev–Trinajstić information content (AvgIpc) is 3.09. The molecule has 0 N–H and O–H groups in total. The van der Waals surface area contributed by atoms with E-state index < -0.39 is 5.97 Å². The van der Waals surface area contributed by atoms with E-state index in [0.717, 1.165) is 10.0 Å². The van der Waals surface area contributed by atoms with Crippen LogP contribution < -0.4 is 18.9 Å². The number of esters is 1. The Morgan fingerprint density at radius 2 is 1.74 bits per heavy atom. The number of ketones is 1. The number of hydrogen-bond donors (Lipinski definition) is 0. The first-order valence-corrected chi connectivity index (χ1v) is 10.1. The number of carbonyl (C=O) groups excluding carboxylic acids is 2. The van der Waals surface area contributed by atoms with Crippen molar-refractivity contribution in [1.29, 1.82) is 0 Å². The molecule has 1 aliphatic rings. The number of ether oxygens (including phenoxy) is 4. The SMILES string of the molecule is COc1ccc(C(=O)Oc2ccc3c(c2)OC(=Cc2ccccc2Br)C3=O)cc1OC. The van der Waals surface area contributed by atoms with Gasteiger partial charge in [0.1, 0.15) is 11.5 Å². The molecule has 6 nitrogen and oxygen atoms in total. The number of carbonyl (C=O) groups is 2. The highest BCUT2D eigenvalue weighted by molar-refractivity contribution is 9.10. The predicted molar refractivity (Wildman–Crippen MR) is 118 cm³/mol. The standard InChI is InChI=1S/C24H17BrO6/c1-28-19-10-7-15(12-21(19)29-2)24(27)30-16-8-9-17-20(13-16)31-22(23(17)26)11-14-5-3-4-6-18(14)25/h3-13H,1-2H3. The second-order valence-electron chi connectivity index (χ2n) is 6.58. The second-order valence-corrected chi connectivity index (χ2v) is 7.43. The minimum Gasteiger partial charge on any atom is -0.493 e. The average molecular weight is 481 g/mol. The molecule has 0 fully saturated rings. The second kappa shape index (κ2) is 8.65. The molecule has 0 aliphatic carbocycles. The van der Waals surface area contributed by atoms with Gasteiger partial charge >= 0.3 is 5.97 Å². The Hall–Kier alpha value is -3.58. The van der Waals surface area contributed by atoms with Crippen LogP contribution in [0.15, 0.2) is 70.9 Å². The highest BCUT2D eigenvalue weighted by Crippen LogP contribution is 2.36. The van der Waals surface area contributed by atoms with Crippen molar-refractivity contribution in [1.82, 2.24) is 0 Å². The number of rotatable bonds is 5. The zero-order chi connectivity index (χ0) is 22.0. The fraction of sp³-hybridized carbons (Fsp3) is 0.0833. The molecule has 3 aromatic carbocycles. The van der Waals surface area contributed by atoms with Crippen molar-refractivity contribution in [3.8, 4) is 23.0 Å². The quantitative estimate of drug-likeness (QED) is 0.280. The van der Waals surface area contributed by atoms with Gasteiger partial charge in [-0.25, -0.2) is 4.79 Å². The lowest BCUT2D eigenvalue weighted by molar-refractivity contribution is 0.0734. The normalized spacial score (nSPS) is 13.5. The van der Waals surface area contributed by atoms with E-state index in [1.807, 2.05) is 24.3 Å². The van der Waals surface area contributed by atoms with E-state index in [9.17, 15) is 9.59 Å². The molecule has 0 saturated carbocycles. The van der Waals surface area contributed by atoms with Crippen molar-refractivity contribution >= 4 is 33.8 Å². The first-order valence-electron chi connectivity index (χ1n) is 9.27. The van der Waals surface area contributed by atoms with Crippen LogP contribution in [-0.4, -0.2) is 26.0 Å². The number of benzene rings is 3. The monoisotopic (exact) mass is 480 g/mol. The summed E-state index contributed by atoms with van der Waals surface area (Å²) in [6, 6.07) is 16.9. The Morgan fingerprint density at radius 3 is 2.48 bits per heavy atom. The number of fused-ring (bicyclic) bond motifs is 1. The van der Waals surface area contributed by atoms with E-state index in [1.54, 1.807) is 30.3 Å². The minimum atomic E-state index is -0.575. The van der Waals surface area contributed by atoms with Crippen molar-refractivity contribution in [2.24, 2.45) is 0 Å². The highest BCUT2D eigenvalue weighted by atomic mass is 79.9. The van der Waals surface area contributed by atoms with Crippen LogP contribution in [-0.2, 0) is 0 Å². The topological polar surface area (TPSA) is 71.1 Å². The molecule has 3 aromatic rings. The van der Waals surface area contributed by atoms with Crippen molar-refractivity contribution in [3.05, 3.63) is 87.6 Å². The van der Waals surface area contributed by atoms with Crippen molar-refractivity contribution in [3.63, 3.8) is 0 Å². The summed E-state index contributed by atoms with van der Waals surface area (Å²) in [4.78, 5) is 25.2. The maximum atomic E-state index is 12.7. The Kier molecular flexibility index (Phi) is 5.77. The van der Waals surface area contributed by atoms with E-state index in [0.29, 0.717) is 28.4 Å². The summed E-state index contributed by atoms with van der Waals surface area (Å²) in [6.45, 7) is 0. The fourth-order valence-corrected chi connectivity index (χ4v) is 3.49. The molecule has 156 valence electrons. The molecule has 0 amide bonds. The van der Waals surface area contributed by atoms with Crippen LogP contribution in [0.3, 0.4) is 0 Å². The largest absolute Gasteiger partial charge is 0.493 e. The van der Waals surface area contributed by atoms with Crippen LogP contribution in [0.5, 0.6) is 23.0 Å². The summed E-state index contributed by atoms with van der Waals surface area (Å²) in [5.74, 6) is 0.909. The van der Waals surface area contributed by atoms with E-state index in [-0.39, 0.29) is 17.3 Å². The molecule has 0 saturated heterocycles. The molecule has 1 heterocycles. The van der Waals surface area contributed by atoms with Crippen LogP contribution in [0.2, 0.25) is 0 Å². The van der Waals surface area contributed by atoms with Gasteiger partial charge in [0.15, 0.2) is 17.3 Å². The minimum absolute atomic E-state index is 0.199. The molecule has 0 aromatic heterocycles. The van der Waals surface area contributed by atoms with E-state index in [1.165, 1.54) is 26.4 Å². The summed E-state index contributed by atoms with van der Waals surface area (Å²) in [5, 5.41) is 0. The first-order chi connectivity index (χ1) is 15.0. The molecular weight excluding hydrogens is 464 g/mol. The van der Waals surface area contributed by atoms with E-state index >= 15 is 0 Å². The smallest absolute Gasteiger partial charge is 0.343 e. The molecule has 4 rings (SSSR count). The molecule has 7 heteroatoms. The Bertz CT molecular complexity index is 1210. The summed E-state index contributed by atoms with van der Waals surface area (Å²) in [5.41, 5.74) is 1.52. The molecule has 0 spiro atoms. The lowest BCUT2D eigenvalue weighted by Gasteiger charge is -2.10. The van der Waals surface area contributed by atoms with E-state index in [2.05, 4.69) is 15.9 Å². The molecule has 0 atom stereocenters. The molecular formula is C24H17BrO6. The van der Waals surface area contributed by atoms with Crippen LogP contribution >= 0.6 is 15.9 Å². The molecule has 0 radical (unpaired) electrons. The van der Waals surface area contributed by atoms with Gasteiger partial charge in [0.05, 0.1) is 25.3 Å². The van der Waals surface area contributed by atoms with Crippen LogP contribution in [0, 0.1) is 0 Å². The summed E-state index contributed by atoms with van der Waals surface area (Å²) < 4.78 is 22.4. The predicted octanol–water partition coefficient (Wildman–Crippen LogP) is 5.30. The van der Waals surface area contributed by atoms with Gasteiger partial charge in [-0.15, -0.1) is 0 Å². The number of methoxy groups -OCH3 is 2. The third-order valence-electron chi connectivity index (χ3n) is 4.66. The molecule has 31 heavy (non-hydrogen) atoms. The number of hydrogen-bond acceptors (Lipinski definition) is 6. The van der Waals surface area contributed by atoms with E-state index in [4.69, 9.17) is 18.9 Å². The molecule has 0 unspecified atom stereocenters. The molecule has 1 aliphatic heterocycles. The van der Waals surface area contributed by atoms with Gasteiger partial charge in [-0.1, -0.05) is 34.1 Å². The lowest BCUT2D eigenvalue weighted by atomic mass is 10.1. The van der Waals surface area contributed by atoms with Gasteiger partial charge in [0.25, 0.3) is 0 Å². The maximum Gasteiger partial charge on any atom is 0.343 e. The van der Waals surface area contributed by atoms with Gasteiger partial charge < -0.3 is 18.9 Å². The van der Waals surface area contributed by atoms with Gasteiger partial charge in [-0.05, 0) is 48.0 Å². The molecule has 0 bridgehead atoms. The van der Waals surface area contributed by atoms with Gasteiger partial charge in [-0.3, -0.25) is 4.79 Å². The van der Waals surface area contributed by atoms with Crippen LogP contribution in [0.25, 0.3) is 6.08 Å². The summed E-state index contributed by atoms with van der Waals surface area (Å²) >= 11 is 3.45. The third kappa shape index (κ3) is 4.18. The first kappa shape index (κ1) is 20.7. The lowest BCUT2D eigenvalue weighted by Crippen LogP contribution is -2.09. The number of Topliss-reactive ketones (excluding diaryl/α,β-unsaturated/α-hetero) is 1. The summed E-state index contributed by atoms with van der Waals surface area (Å²) in [6.07, 6.45) is 1.67. The third-order valence-corrected chi connectivity index (χ3v) is 5.39. The van der Waals surface area contributed by atoms with Crippen LogP contribution in [0.1, 0.15) is 26.3 Å². The number of allylic oxidation sites excluding steroid dienone is 1. The van der Waals surface area contributed by atoms with Crippen molar-refractivity contribution < 1.29 is 28.5 Å². The van der Waals surface area contributed by atoms with Crippen molar-refractivity contribution in [2.75, 3.05) is 14.2 Å². The van der Waals surface area contributed by atoms with Gasteiger partial charge in [0, 0.05) is 10.5 Å². The Balaban J connectivity index is 1.55. The number of halogens is 1. The zero-order valence-corrected chi connectivity index (χ0v) is 18.3. The zero-order valence-electron chi connectivity index (χ0n) is 16.7. The highest BCUT2D eigenvalue weighted by Gasteiger charge is 2.28. The fourth-order valence-electron chi connectivity index (χ4n) is 3.09. The Morgan fingerprint density at radius 1 is 0.968 bits per heavy atom. The maximum absolute atomic E-state index is 12.7.